The second kappa shape index (κ2) is 7.02. The molecule has 1 rings (SSSR count). The van der Waals surface area contributed by atoms with Crippen LogP contribution in [0.5, 0.6) is 0 Å². The molecule has 2 nitrogen and oxygen atoms in total. The Bertz CT molecular complexity index is 352. The molecule has 0 aliphatic heterocycles. The first-order chi connectivity index (χ1) is 8.06. The fourth-order valence-corrected chi connectivity index (χ4v) is 2.20. The van der Waals surface area contributed by atoms with Crippen molar-refractivity contribution in [2.24, 2.45) is 5.92 Å². The smallest absolute Gasteiger partial charge is 0.0371 e. The molecule has 2 N–H and O–H groups in total. The van der Waals surface area contributed by atoms with Crippen LogP contribution in [-0.4, -0.2) is 18.0 Å². The van der Waals surface area contributed by atoms with Crippen LogP contribution in [0.25, 0.3) is 0 Å². The van der Waals surface area contributed by atoms with Crippen LogP contribution < -0.4 is 5.73 Å². The fraction of sp³-hybridized carbons (Fsp3) is 0.571. The molecule has 0 aliphatic rings. The minimum Gasteiger partial charge on any atom is -0.398 e. The number of hydrogen-bond acceptors (Lipinski definition) is 2. The predicted molar refractivity (Wildman–Crippen MR) is 79.0 cm³/mol. The van der Waals surface area contributed by atoms with Crippen molar-refractivity contribution < 1.29 is 0 Å². The predicted octanol–water partition coefficient (Wildman–Crippen LogP) is 3.90. The van der Waals surface area contributed by atoms with Crippen LogP contribution in [0.2, 0.25) is 0 Å². The van der Waals surface area contributed by atoms with E-state index in [1.165, 1.54) is 12.0 Å². The molecule has 3 heteroatoms. The second-order valence-electron chi connectivity index (χ2n) is 4.68. The van der Waals surface area contributed by atoms with Gasteiger partial charge in [-0.05, 0) is 30.2 Å². The van der Waals surface area contributed by atoms with Gasteiger partial charge in [0.15, 0.2) is 0 Å². The average Bonchev–Trinajstić information content (AvgIpc) is 2.31. The van der Waals surface area contributed by atoms with E-state index >= 15 is 0 Å². The largest absolute Gasteiger partial charge is 0.398 e. The molecular weight excluding hydrogens is 276 g/mol. The molecule has 1 unspecified atom stereocenters. The van der Waals surface area contributed by atoms with E-state index in [0.29, 0.717) is 0 Å². The summed E-state index contributed by atoms with van der Waals surface area (Å²) in [7, 11) is 0. The highest BCUT2D eigenvalue weighted by atomic mass is 79.9. The fourth-order valence-electron chi connectivity index (χ4n) is 1.83. The number of rotatable bonds is 6. The summed E-state index contributed by atoms with van der Waals surface area (Å²) in [5.74, 6) is 0.742. The molecule has 0 amide bonds. The van der Waals surface area contributed by atoms with Gasteiger partial charge in [-0.15, -0.1) is 0 Å². The molecule has 96 valence electrons. The van der Waals surface area contributed by atoms with Gasteiger partial charge in [-0.2, -0.15) is 0 Å². The van der Waals surface area contributed by atoms with Gasteiger partial charge in [0.1, 0.15) is 0 Å². The van der Waals surface area contributed by atoms with Gasteiger partial charge >= 0.3 is 0 Å². The molecule has 0 heterocycles. The number of nitrogens with zero attached hydrogens (tertiary/aromatic N) is 1. The summed E-state index contributed by atoms with van der Waals surface area (Å²) in [5, 5.41) is 0. The Hall–Kier alpha value is -0.540. The second-order valence-corrected chi connectivity index (χ2v) is 5.60. The number of anilines is 1. The van der Waals surface area contributed by atoms with E-state index in [4.69, 9.17) is 5.73 Å². The van der Waals surface area contributed by atoms with Gasteiger partial charge in [0.05, 0.1) is 0 Å². The molecule has 1 aromatic carbocycles. The minimum absolute atomic E-state index is 0.742. The van der Waals surface area contributed by atoms with Crippen molar-refractivity contribution in [1.82, 2.24) is 4.90 Å². The third kappa shape index (κ3) is 4.68. The van der Waals surface area contributed by atoms with Crippen LogP contribution in [0.4, 0.5) is 5.69 Å². The molecule has 1 atom stereocenters. The Kier molecular flexibility index (Phi) is 6.00. The van der Waals surface area contributed by atoms with Crippen LogP contribution in [0.1, 0.15) is 32.8 Å². The van der Waals surface area contributed by atoms with Crippen molar-refractivity contribution in [3.05, 3.63) is 28.2 Å². The normalized spacial score (nSPS) is 13.0. The first-order valence-electron chi connectivity index (χ1n) is 6.33. The number of benzene rings is 1. The Morgan fingerprint density at radius 3 is 2.59 bits per heavy atom. The average molecular weight is 299 g/mol. The molecule has 0 saturated heterocycles. The number of hydrogen-bond donors (Lipinski definition) is 1. The van der Waals surface area contributed by atoms with E-state index in [-0.39, 0.29) is 0 Å². The van der Waals surface area contributed by atoms with Crippen LogP contribution in [0.15, 0.2) is 22.7 Å². The third-order valence-electron chi connectivity index (χ3n) is 3.22. The van der Waals surface area contributed by atoms with Crippen LogP contribution in [0, 0.1) is 5.92 Å². The Labute approximate surface area is 113 Å². The molecule has 0 radical (unpaired) electrons. The van der Waals surface area contributed by atoms with Crippen LogP contribution >= 0.6 is 15.9 Å². The monoisotopic (exact) mass is 298 g/mol. The van der Waals surface area contributed by atoms with E-state index < -0.39 is 0 Å². The summed E-state index contributed by atoms with van der Waals surface area (Å²) in [5.41, 5.74) is 8.13. The van der Waals surface area contributed by atoms with Crippen LogP contribution in [-0.2, 0) is 6.54 Å². The van der Waals surface area contributed by atoms with Gasteiger partial charge in [-0.3, -0.25) is 4.90 Å². The highest BCUT2D eigenvalue weighted by Crippen LogP contribution is 2.20. The maximum atomic E-state index is 6.03. The Balaban J connectivity index is 2.67. The summed E-state index contributed by atoms with van der Waals surface area (Å²) in [4.78, 5) is 2.45. The Morgan fingerprint density at radius 2 is 2.06 bits per heavy atom. The first-order valence-corrected chi connectivity index (χ1v) is 7.12. The maximum absolute atomic E-state index is 6.03. The molecule has 0 aromatic heterocycles. The lowest BCUT2D eigenvalue weighted by Crippen LogP contribution is -2.28. The molecule has 0 fully saturated rings. The molecule has 17 heavy (non-hydrogen) atoms. The van der Waals surface area contributed by atoms with Crippen molar-refractivity contribution in [2.75, 3.05) is 18.8 Å². The summed E-state index contributed by atoms with van der Waals surface area (Å²) in [6.45, 7) is 9.90. The van der Waals surface area contributed by atoms with Crippen molar-refractivity contribution in [3.63, 3.8) is 0 Å². The summed E-state index contributed by atoms with van der Waals surface area (Å²) >= 11 is 3.44. The van der Waals surface area contributed by atoms with Crippen molar-refractivity contribution in [1.29, 1.82) is 0 Å². The van der Waals surface area contributed by atoms with Crippen molar-refractivity contribution in [3.8, 4) is 0 Å². The zero-order valence-electron chi connectivity index (χ0n) is 11.0. The van der Waals surface area contributed by atoms with Gasteiger partial charge in [-0.25, -0.2) is 0 Å². The summed E-state index contributed by atoms with van der Waals surface area (Å²) in [6, 6.07) is 6.15. The Morgan fingerprint density at radius 1 is 1.35 bits per heavy atom. The molecule has 0 spiro atoms. The number of nitrogen functional groups attached to an aromatic ring is 1. The highest BCUT2D eigenvalue weighted by Gasteiger charge is 2.09. The molecule has 1 aromatic rings. The molecule has 0 saturated carbocycles. The highest BCUT2D eigenvalue weighted by molar-refractivity contribution is 9.10. The standard InChI is InChI=1S/C14H23BrN2/c1-4-11(3)9-17(5-2)10-12-6-7-13(15)8-14(12)16/h6-8,11H,4-5,9-10,16H2,1-3H3. The van der Waals surface area contributed by atoms with Crippen molar-refractivity contribution >= 4 is 21.6 Å². The number of nitrogens with two attached hydrogens (primary N) is 1. The lowest BCUT2D eigenvalue weighted by atomic mass is 10.1. The van der Waals surface area contributed by atoms with Gasteiger partial charge in [-0.1, -0.05) is 49.2 Å². The van der Waals surface area contributed by atoms with Gasteiger partial charge in [0, 0.05) is 23.2 Å². The quantitative estimate of drug-likeness (QED) is 0.807. The summed E-state index contributed by atoms with van der Waals surface area (Å²) < 4.78 is 1.05. The lowest BCUT2D eigenvalue weighted by Gasteiger charge is -2.24. The van der Waals surface area contributed by atoms with Gasteiger partial charge in [0.25, 0.3) is 0 Å². The first kappa shape index (κ1) is 14.5. The van der Waals surface area contributed by atoms with Crippen LogP contribution in [0.3, 0.4) is 0 Å². The molecule has 0 aliphatic carbocycles. The zero-order chi connectivity index (χ0) is 12.8. The number of halogens is 1. The van der Waals surface area contributed by atoms with E-state index in [9.17, 15) is 0 Å². The minimum atomic E-state index is 0.742. The van der Waals surface area contributed by atoms with Gasteiger partial charge in [0.2, 0.25) is 0 Å². The van der Waals surface area contributed by atoms with E-state index in [2.05, 4.69) is 53.7 Å². The summed E-state index contributed by atoms with van der Waals surface area (Å²) in [6.07, 6.45) is 1.23. The zero-order valence-corrected chi connectivity index (χ0v) is 12.6. The van der Waals surface area contributed by atoms with E-state index in [1.54, 1.807) is 0 Å². The topological polar surface area (TPSA) is 29.3 Å². The maximum Gasteiger partial charge on any atom is 0.0371 e. The van der Waals surface area contributed by atoms with E-state index in [1.807, 2.05) is 6.07 Å². The molecule has 0 bridgehead atoms. The molecular formula is C14H23BrN2. The van der Waals surface area contributed by atoms with Crippen molar-refractivity contribution in [2.45, 2.75) is 33.7 Å². The van der Waals surface area contributed by atoms with Gasteiger partial charge < -0.3 is 5.73 Å². The lowest BCUT2D eigenvalue weighted by molar-refractivity contribution is 0.238. The third-order valence-corrected chi connectivity index (χ3v) is 3.71. The van der Waals surface area contributed by atoms with E-state index in [0.717, 1.165) is 35.7 Å². The SMILES string of the molecule is CCC(C)CN(CC)Cc1ccc(Br)cc1N.